The van der Waals surface area contributed by atoms with Crippen LogP contribution < -0.4 is 9.64 Å². The van der Waals surface area contributed by atoms with Gasteiger partial charge in [-0.15, -0.1) is 0 Å². The summed E-state index contributed by atoms with van der Waals surface area (Å²) < 4.78 is 51.1. The summed E-state index contributed by atoms with van der Waals surface area (Å²) in [5.41, 5.74) is 2.42. The zero-order chi connectivity index (χ0) is 33.1. The van der Waals surface area contributed by atoms with Crippen molar-refractivity contribution >= 4 is 23.9 Å². The number of benzene rings is 2. The van der Waals surface area contributed by atoms with Gasteiger partial charge in [0.2, 0.25) is 0 Å². The number of rotatable bonds is 11. The predicted octanol–water partition coefficient (Wildman–Crippen LogP) is 6.06. The van der Waals surface area contributed by atoms with E-state index < -0.39 is 12.1 Å². The highest BCUT2D eigenvalue weighted by atomic mass is 32.2. The lowest BCUT2D eigenvalue weighted by Gasteiger charge is -2.30. The van der Waals surface area contributed by atoms with Crippen molar-refractivity contribution in [2.24, 2.45) is 5.92 Å². The van der Waals surface area contributed by atoms with Crippen molar-refractivity contribution in [1.29, 1.82) is 0 Å². The minimum absolute atomic E-state index is 0.279. The van der Waals surface area contributed by atoms with Gasteiger partial charge >= 0.3 is 18.2 Å². The Kier molecular flexibility index (Phi) is 13.1. The van der Waals surface area contributed by atoms with E-state index in [1.165, 1.54) is 16.0 Å². The summed E-state index contributed by atoms with van der Waals surface area (Å²) in [5.74, 6) is -0.246. The number of carboxylic acids is 1. The number of halogens is 3. The van der Waals surface area contributed by atoms with Gasteiger partial charge in [0.25, 0.3) is 0 Å². The smallest absolute Gasteiger partial charge is 0.490 e. The highest BCUT2D eigenvalue weighted by Crippen LogP contribution is 2.28. The molecule has 0 aliphatic carbocycles. The SMILES string of the molecule is CC(C)c1noc(N2CCC(COc3ccc(-c4ccc(SN(C)CCN5CCOCC5)cc4)cc3)CC2)n1.O=C(O)C(F)(F)F. The topological polar surface area (TPSA) is 104 Å². The lowest BCUT2D eigenvalue weighted by molar-refractivity contribution is -0.192. The van der Waals surface area contributed by atoms with Crippen molar-refractivity contribution < 1.29 is 37.1 Å². The van der Waals surface area contributed by atoms with Crippen LogP contribution in [0.3, 0.4) is 0 Å². The minimum atomic E-state index is -5.08. The molecule has 10 nitrogen and oxygen atoms in total. The maximum Gasteiger partial charge on any atom is 0.490 e. The molecule has 14 heteroatoms. The van der Waals surface area contributed by atoms with Gasteiger partial charge in [-0.05, 0) is 73.1 Å². The zero-order valence-electron chi connectivity index (χ0n) is 26.4. The van der Waals surface area contributed by atoms with E-state index in [1.807, 2.05) is 0 Å². The lowest BCUT2D eigenvalue weighted by atomic mass is 9.98. The molecule has 3 heterocycles. The second kappa shape index (κ2) is 17.0. The molecule has 46 heavy (non-hydrogen) atoms. The summed E-state index contributed by atoms with van der Waals surface area (Å²) in [5, 5.41) is 11.2. The van der Waals surface area contributed by atoms with Crippen molar-refractivity contribution in [3.8, 4) is 16.9 Å². The molecule has 0 spiro atoms. The Bertz CT molecular complexity index is 1340. The molecule has 1 aromatic heterocycles. The third-order valence-corrected chi connectivity index (χ3v) is 8.68. The molecular weight excluding hydrogens is 623 g/mol. The summed E-state index contributed by atoms with van der Waals surface area (Å²) in [6.45, 7) is 12.6. The maximum atomic E-state index is 10.6. The number of alkyl halides is 3. The molecular formula is C32H42F3N5O5S. The molecule has 0 atom stereocenters. The molecule has 0 radical (unpaired) electrons. The predicted molar refractivity (Wildman–Crippen MR) is 170 cm³/mol. The summed E-state index contributed by atoms with van der Waals surface area (Å²) in [4.78, 5) is 19.4. The number of piperidine rings is 1. The van der Waals surface area contributed by atoms with Gasteiger partial charge in [-0.3, -0.25) is 4.90 Å². The number of likely N-dealkylation sites (N-methyl/N-ethyl adjacent to an activating group) is 1. The highest BCUT2D eigenvalue weighted by Gasteiger charge is 2.38. The lowest BCUT2D eigenvalue weighted by Crippen LogP contribution is -2.39. The molecule has 2 saturated heterocycles. The number of carbonyl (C=O) groups is 1. The van der Waals surface area contributed by atoms with Crippen LogP contribution in [-0.4, -0.2) is 103 Å². The van der Waals surface area contributed by atoms with E-state index in [4.69, 9.17) is 23.9 Å². The van der Waals surface area contributed by atoms with Crippen molar-refractivity contribution in [3.05, 3.63) is 54.4 Å². The second-order valence-electron chi connectivity index (χ2n) is 11.6. The van der Waals surface area contributed by atoms with Crippen LogP contribution in [0.4, 0.5) is 19.2 Å². The maximum absolute atomic E-state index is 10.6. The van der Waals surface area contributed by atoms with Crippen LogP contribution in [0, 0.1) is 5.92 Å². The Morgan fingerprint density at radius 1 is 1.04 bits per heavy atom. The van der Waals surface area contributed by atoms with Crippen LogP contribution in [0.25, 0.3) is 11.1 Å². The van der Waals surface area contributed by atoms with Crippen LogP contribution in [0.5, 0.6) is 5.75 Å². The van der Waals surface area contributed by atoms with E-state index in [0.717, 1.165) is 83.5 Å². The van der Waals surface area contributed by atoms with Crippen LogP contribution >= 0.6 is 11.9 Å². The van der Waals surface area contributed by atoms with E-state index in [-0.39, 0.29) is 5.92 Å². The van der Waals surface area contributed by atoms with Crippen LogP contribution in [0.2, 0.25) is 0 Å². The molecule has 252 valence electrons. The number of aromatic nitrogens is 2. The summed E-state index contributed by atoms with van der Waals surface area (Å²) >= 11 is 1.80. The van der Waals surface area contributed by atoms with Crippen molar-refractivity contribution in [2.75, 3.05) is 71.0 Å². The number of nitrogens with zero attached hydrogens (tertiary/aromatic N) is 5. The zero-order valence-corrected chi connectivity index (χ0v) is 27.2. The number of morpholine rings is 1. The molecule has 0 bridgehead atoms. The van der Waals surface area contributed by atoms with Crippen LogP contribution in [0.15, 0.2) is 57.9 Å². The van der Waals surface area contributed by atoms with Gasteiger partial charge in [0.15, 0.2) is 5.82 Å². The van der Waals surface area contributed by atoms with Gasteiger partial charge in [-0.2, -0.15) is 18.2 Å². The van der Waals surface area contributed by atoms with Gasteiger partial charge < -0.3 is 24.0 Å². The molecule has 0 amide bonds. The van der Waals surface area contributed by atoms with Crippen molar-refractivity contribution in [3.63, 3.8) is 0 Å². The molecule has 2 aliphatic rings. The monoisotopic (exact) mass is 665 g/mol. The quantitative estimate of drug-likeness (QED) is 0.242. The largest absolute Gasteiger partial charge is 0.493 e. The van der Waals surface area contributed by atoms with Gasteiger partial charge in [-0.1, -0.05) is 43.3 Å². The first-order chi connectivity index (χ1) is 22.0. The Labute approximate surface area is 272 Å². The molecule has 2 aliphatic heterocycles. The van der Waals surface area contributed by atoms with E-state index in [2.05, 4.69) is 93.7 Å². The average molecular weight is 666 g/mol. The normalized spacial score (nSPS) is 16.4. The average Bonchev–Trinajstić information content (AvgIpc) is 3.55. The number of carboxylic acid groups (broad SMARTS) is 1. The minimum Gasteiger partial charge on any atom is -0.493 e. The second-order valence-corrected chi connectivity index (χ2v) is 12.9. The molecule has 2 aromatic carbocycles. The first kappa shape index (κ1) is 35.5. The van der Waals surface area contributed by atoms with Gasteiger partial charge in [0.05, 0.1) is 19.8 Å². The molecule has 0 saturated carbocycles. The fraction of sp³-hybridized carbons (Fsp3) is 0.531. The number of hydrogen-bond acceptors (Lipinski definition) is 10. The fourth-order valence-electron chi connectivity index (χ4n) is 4.88. The van der Waals surface area contributed by atoms with Crippen molar-refractivity contribution in [2.45, 2.75) is 43.7 Å². The standard InChI is InChI=1S/C30H41N5O3S.C2HF3O2/c1-23(2)29-31-30(38-32-29)35-14-12-24(13-15-35)22-37-27-8-4-25(5-9-27)26-6-10-28(11-7-26)39-33(3)16-17-34-18-20-36-21-19-34;3-2(4,5)1(6)7/h4-11,23-24H,12-22H2,1-3H3;(H,6,7). The Morgan fingerprint density at radius 3 is 2.17 bits per heavy atom. The first-order valence-corrected chi connectivity index (χ1v) is 16.2. The fourth-order valence-corrected chi connectivity index (χ4v) is 5.67. The van der Waals surface area contributed by atoms with E-state index in [1.54, 1.807) is 11.9 Å². The number of aliphatic carboxylic acids is 1. The van der Waals surface area contributed by atoms with Gasteiger partial charge in [-0.25, -0.2) is 9.10 Å². The molecule has 1 N–H and O–H groups in total. The molecule has 3 aromatic rings. The van der Waals surface area contributed by atoms with Gasteiger partial charge in [0.1, 0.15) is 5.75 Å². The summed E-state index contributed by atoms with van der Waals surface area (Å²) in [7, 11) is 2.16. The third-order valence-electron chi connectivity index (χ3n) is 7.70. The summed E-state index contributed by atoms with van der Waals surface area (Å²) in [6, 6.07) is 17.9. The summed E-state index contributed by atoms with van der Waals surface area (Å²) in [6.07, 6.45) is -2.96. The Morgan fingerprint density at radius 2 is 1.63 bits per heavy atom. The third kappa shape index (κ3) is 11.2. The molecule has 2 fully saturated rings. The first-order valence-electron chi connectivity index (χ1n) is 15.4. The Hall–Kier alpha value is -3.33. The highest BCUT2D eigenvalue weighted by molar-refractivity contribution is 7.97. The van der Waals surface area contributed by atoms with Gasteiger partial charge in [0, 0.05) is 50.1 Å². The molecule has 0 unspecified atom stereocenters. The number of ether oxygens (including phenoxy) is 2. The van der Waals surface area contributed by atoms with Crippen LogP contribution in [-0.2, 0) is 9.53 Å². The Balaban J connectivity index is 0.000000617. The molecule has 5 rings (SSSR count). The van der Waals surface area contributed by atoms with Crippen molar-refractivity contribution in [1.82, 2.24) is 19.3 Å². The number of anilines is 1. The van der Waals surface area contributed by atoms with Crippen LogP contribution in [0.1, 0.15) is 38.4 Å². The van der Waals surface area contributed by atoms with E-state index >= 15 is 0 Å². The van der Waals surface area contributed by atoms with E-state index in [0.29, 0.717) is 11.9 Å². The van der Waals surface area contributed by atoms with E-state index in [9.17, 15) is 13.2 Å². The number of hydrogen-bond donors (Lipinski definition) is 1.